The van der Waals surface area contributed by atoms with Gasteiger partial charge in [-0.25, -0.2) is 4.39 Å². The predicted octanol–water partition coefficient (Wildman–Crippen LogP) is 2.08. The van der Waals surface area contributed by atoms with Gasteiger partial charge in [-0.3, -0.25) is 4.98 Å². The number of hydrogen-bond donors (Lipinski definition) is 1. The Morgan fingerprint density at radius 2 is 2.00 bits per heavy atom. The number of fused-ring (bicyclic) bond motifs is 2. The van der Waals surface area contributed by atoms with E-state index in [1.807, 2.05) is 13.0 Å². The topological polar surface area (TPSA) is 87.8 Å². The molecule has 8 nitrogen and oxygen atoms in total. The fraction of sp³-hybridized carbons (Fsp3) is 0.500. The number of rotatable bonds is 3. The number of nitrogens with zero attached hydrogens (tertiary/aromatic N) is 5. The first-order chi connectivity index (χ1) is 15.0. The maximum Gasteiger partial charge on any atom is 0.266 e. The molecule has 5 heterocycles. The Morgan fingerprint density at radius 1 is 1.16 bits per heavy atom. The molecule has 3 aromatic rings. The van der Waals surface area contributed by atoms with Crippen molar-refractivity contribution in [3.63, 3.8) is 0 Å². The van der Waals surface area contributed by atoms with E-state index in [1.165, 1.54) is 6.07 Å². The molecule has 0 saturated carbocycles. The summed E-state index contributed by atoms with van der Waals surface area (Å²) < 4.78 is 25.8. The summed E-state index contributed by atoms with van der Waals surface area (Å²) in [5, 5.41) is 15.1. The van der Waals surface area contributed by atoms with Crippen molar-refractivity contribution >= 4 is 22.5 Å². The lowest BCUT2D eigenvalue weighted by Gasteiger charge is -2.40. The quantitative estimate of drug-likeness (QED) is 0.683. The first kappa shape index (κ1) is 18.9. The van der Waals surface area contributed by atoms with Gasteiger partial charge in [-0.15, -0.1) is 0 Å². The van der Waals surface area contributed by atoms with Crippen LogP contribution in [0.4, 0.5) is 16.0 Å². The zero-order valence-corrected chi connectivity index (χ0v) is 17.5. The van der Waals surface area contributed by atoms with Crippen LogP contribution in [0.1, 0.15) is 11.6 Å². The van der Waals surface area contributed by atoms with Gasteiger partial charge >= 0.3 is 0 Å². The number of pyridine rings is 1. The molecule has 9 heteroatoms. The van der Waals surface area contributed by atoms with Crippen LogP contribution in [0.5, 0.6) is 0 Å². The molecule has 162 valence electrons. The van der Waals surface area contributed by atoms with E-state index in [1.54, 1.807) is 19.1 Å². The number of ether oxygens (including phenoxy) is 1. The summed E-state index contributed by atoms with van der Waals surface area (Å²) in [6.45, 7) is 6.42. The van der Waals surface area contributed by atoms with Crippen molar-refractivity contribution in [2.45, 2.75) is 25.6 Å². The average molecular weight is 425 g/mol. The molecule has 3 aliphatic rings. The zero-order valence-electron chi connectivity index (χ0n) is 17.5. The van der Waals surface area contributed by atoms with Crippen LogP contribution >= 0.6 is 0 Å². The Labute approximate surface area is 178 Å². The van der Waals surface area contributed by atoms with Crippen LogP contribution in [0, 0.1) is 31.5 Å². The number of anilines is 2. The van der Waals surface area contributed by atoms with Gasteiger partial charge in [0.05, 0.1) is 18.2 Å². The summed E-state index contributed by atoms with van der Waals surface area (Å²) in [5.74, 6) is 0.980. The number of aliphatic hydroxyl groups is 1. The molecule has 31 heavy (non-hydrogen) atoms. The second kappa shape index (κ2) is 6.61. The van der Waals surface area contributed by atoms with Gasteiger partial charge in [-0.05, 0) is 36.3 Å². The smallest absolute Gasteiger partial charge is 0.266 e. The molecular weight excluding hydrogens is 401 g/mol. The van der Waals surface area contributed by atoms with Gasteiger partial charge < -0.3 is 24.2 Å². The Hall–Kier alpha value is -2.78. The molecular formula is C22H24FN5O3. The van der Waals surface area contributed by atoms with Gasteiger partial charge in [-0.1, -0.05) is 0 Å². The monoisotopic (exact) mass is 425 g/mol. The summed E-state index contributed by atoms with van der Waals surface area (Å²) in [4.78, 5) is 13.3. The summed E-state index contributed by atoms with van der Waals surface area (Å²) in [6, 6.07) is 6.72. The van der Waals surface area contributed by atoms with Gasteiger partial charge in [0.25, 0.3) is 5.95 Å². The molecule has 1 N–H and O–H groups in total. The van der Waals surface area contributed by atoms with Gasteiger partial charge in [0.2, 0.25) is 5.89 Å². The summed E-state index contributed by atoms with van der Waals surface area (Å²) in [5.41, 5.74) is 2.15. The van der Waals surface area contributed by atoms with E-state index >= 15 is 0 Å². The molecule has 0 unspecified atom stereocenters. The molecule has 2 bridgehead atoms. The normalized spacial score (nSPS) is 29.7. The third-order valence-electron chi connectivity index (χ3n) is 7.02. The second-order valence-corrected chi connectivity index (χ2v) is 8.99. The number of aliphatic hydroxyl groups excluding tert-OH is 1. The van der Waals surface area contributed by atoms with Crippen LogP contribution in [-0.2, 0) is 4.74 Å². The minimum Gasteiger partial charge on any atom is -0.396 e. The SMILES string of the molecule is Cc1cc(N2C[C@@H]3[C@H](CO)[C@H]4CN(c5noc(C)n5)C[C@]3(C2)O4)c2cc(F)ccc2n1. The van der Waals surface area contributed by atoms with Gasteiger partial charge in [-0.2, -0.15) is 4.98 Å². The van der Waals surface area contributed by atoms with E-state index in [9.17, 15) is 9.50 Å². The first-order valence-corrected chi connectivity index (χ1v) is 10.6. The second-order valence-electron chi connectivity index (χ2n) is 8.99. The van der Waals surface area contributed by atoms with E-state index in [0.717, 1.165) is 28.8 Å². The van der Waals surface area contributed by atoms with Crippen LogP contribution in [0.3, 0.4) is 0 Å². The fourth-order valence-electron chi connectivity index (χ4n) is 5.76. The Kier molecular flexibility index (Phi) is 4.04. The molecule has 2 aromatic heterocycles. The Balaban J connectivity index is 1.39. The zero-order chi connectivity index (χ0) is 21.3. The average Bonchev–Trinajstić information content (AvgIpc) is 3.37. The lowest BCUT2D eigenvalue weighted by Crippen LogP contribution is -2.54. The maximum absolute atomic E-state index is 14.1. The number of morpholine rings is 1. The highest BCUT2D eigenvalue weighted by molar-refractivity contribution is 5.92. The van der Waals surface area contributed by atoms with Crippen molar-refractivity contribution in [1.29, 1.82) is 0 Å². The lowest BCUT2D eigenvalue weighted by atomic mass is 9.83. The van der Waals surface area contributed by atoms with Crippen molar-refractivity contribution < 1.29 is 18.8 Å². The van der Waals surface area contributed by atoms with Crippen molar-refractivity contribution in [1.82, 2.24) is 15.1 Å². The molecule has 3 aliphatic heterocycles. The summed E-state index contributed by atoms with van der Waals surface area (Å²) >= 11 is 0. The number of aromatic nitrogens is 3. The molecule has 1 aromatic carbocycles. The van der Waals surface area contributed by atoms with Crippen molar-refractivity contribution in [2.24, 2.45) is 11.8 Å². The molecule has 6 rings (SSSR count). The van der Waals surface area contributed by atoms with Crippen LogP contribution < -0.4 is 9.80 Å². The highest BCUT2D eigenvalue weighted by Gasteiger charge is 2.62. The van der Waals surface area contributed by atoms with Crippen LogP contribution in [0.2, 0.25) is 0 Å². The van der Waals surface area contributed by atoms with Gasteiger partial charge in [0.15, 0.2) is 0 Å². The molecule has 0 radical (unpaired) electrons. The molecule has 0 amide bonds. The van der Waals surface area contributed by atoms with E-state index in [0.29, 0.717) is 31.5 Å². The van der Waals surface area contributed by atoms with Crippen LogP contribution in [0.15, 0.2) is 28.8 Å². The molecule has 1 spiro atoms. The summed E-state index contributed by atoms with van der Waals surface area (Å²) in [6.07, 6.45) is -0.0851. The number of halogens is 1. The summed E-state index contributed by atoms with van der Waals surface area (Å²) in [7, 11) is 0. The third kappa shape index (κ3) is 2.83. The number of aryl methyl sites for hydroxylation is 2. The Bertz CT molecular complexity index is 1170. The van der Waals surface area contributed by atoms with E-state index in [4.69, 9.17) is 9.26 Å². The van der Waals surface area contributed by atoms with Crippen LogP contribution in [0.25, 0.3) is 10.9 Å². The van der Waals surface area contributed by atoms with Gasteiger partial charge in [0.1, 0.15) is 11.4 Å². The number of hydrogen-bond acceptors (Lipinski definition) is 8. The number of benzene rings is 1. The maximum atomic E-state index is 14.1. The minimum absolute atomic E-state index is 0.0222. The minimum atomic E-state index is -0.457. The van der Waals surface area contributed by atoms with Crippen molar-refractivity contribution in [2.75, 3.05) is 42.6 Å². The predicted molar refractivity (Wildman–Crippen MR) is 112 cm³/mol. The lowest BCUT2D eigenvalue weighted by molar-refractivity contribution is -0.0553. The third-order valence-corrected chi connectivity index (χ3v) is 7.02. The standard InChI is InChI=1S/C22H24FN5O3/c1-12-5-19(15-6-14(23)3-4-18(15)24-12)27-7-17-16(9-29)20-8-28(11-22(17,10-27)30-20)21-25-13(2)31-26-21/h3-6,16-17,20,29H,7-11H2,1-2H3/t16-,17+,20+,22-/m0/s1. The Morgan fingerprint density at radius 3 is 2.77 bits per heavy atom. The van der Waals surface area contributed by atoms with E-state index in [2.05, 4.69) is 24.9 Å². The van der Waals surface area contributed by atoms with Crippen LogP contribution in [-0.4, -0.2) is 64.7 Å². The van der Waals surface area contributed by atoms with Gasteiger partial charge in [0, 0.05) is 61.8 Å². The molecule has 3 saturated heterocycles. The highest BCUT2D eigenvalue weighted by atomic mass is 19.1. The largest absolute Gasteiger partial charge is 0.396 e. The molecule has 0 aliphatic carbocycles. The molecule has 3 fully saturated rings. The van der Waals surface area contributed by atoms with Crippen molar-refractivity contribution in [3.8, 4) is 0 Å². The first-order valence-electron chi connectivity index (χ1n) is 10.6. The molecule has 4 atom stereocenters. The highest BCUT2D eigenvalue weighted by Crippen LogP contribution is 2.50. The van der Waals surface area contributed by atoms with E-state index < -0.39 is 5.60 Å². The van der Waals surface area contributed by atoms with E-state index in [-0.39, 0.29) is 30.4 Å². The van der Waals surface area contributed by atoms with Crippen molar-refractivity contribution in [3.05, 3.63) is 41.7 Å². The fourth-order valence-corrected chi connectivity index (χ4v) is 5.76.